The van der Waals surface area contributed by atoms with Gasteiger partial charge in [0.25, 0.3) is 10.0 Å². The summed E-state index contributed by atoms with van der Waals surface area (Å²) in [6.07, 6.45) is 2.26. The smallest absolute Gasteiger partial charge is 0.263 e. The fraction of sp³-hybridized carbons (Fsp3) is 0.375. The Balaban J connectivity index is 1.64. The Labute approximate surface area is 156 Å². The van der Waals surface area contributed by atoms with Crippen molar-refractivity contribution in [2.24, 2.45) is 0 Å². The van der Waals surface area contributed by atoms with Gasteiger partial charge in [-0.1, -0.05) is 11.6 Å². The predicted octanol–water partition coefficient (Wildman–Crippen LogP) is 2.53. The number of anilines is 2. The van der Waals surface area contributed by atoms with Crippen molar-refractivity contribution in [1.29, 1.82) is 0 Å². The highest BCUT2D eigenvalue weighted by molar-refractivity contribution is 7.92. The second-order valence-electron chi connectivity index (χ2n) is 5.72. The van der Waals surface area contributed by atoms with E-state index in [1.54, 1.807) is 6.07 Å². The summed E-state index contributed by atoms with van der Waals surface area (Å²) in [5.74, 6) is 1.06. The monoisotopic (exact) mass is 398 g/mol. The summed E-state index contributed by atoms with van der Waals surface area (Å²) in [6.45, 7) is 1.43. The molecule has 0 radical (unpaired) electrons. The van der Waals surface area contributed by atoms with Crippen molar-refractivity contribution in [3.05, 3.63) is 35.4 Å². The van der Waals surface area contributed by atoms with Crippen molar-refractivity contribution in [3.63, 3.8) is 0 Å². The van der Waals surface area contributed by atoms with Crippen molar-refractivity contribution in [1.82, 2.24) is 10.2 Å². The van der Waals surface area contributed by atoms with Gasteiger partial charge in [0.2, 0.25) is 0 Å². The zero-order chi connectivity index (χ0) is 18.6. The van der Waals surface area contributed by atoms with E-state index < -0.39 is 10.0 Å². The molecule has 0 aliphatic carbocycles. The number of hydrogen-bond donors (Lipinski definition) is 2. The van der Waals surface area contributed by atoms with Crippen LogP contribution in [0.25, 0.3) is 0 Å². The van der Waals surface area contributed by atoms with Gasteiger partial charge in [-0.2, -0.15) is 0 Å². The molecule has 0 amide bonds. The van der Waals surface area contributed by atoms with Crippen molar-refractivity contribution in [2.45, 2.75) is 23.8 Å². The number of hydrogen-bond acceptors (Lipinski definition) is 7. The molecule has 1 atom stereocenters. The van der Waals surface area contributed by atoms with Gasteiger partial charge in [0.15, 0.2) is 5.82 Å². The van der Waals surface area contributed by atoms with Crippen LogP contribution in [0.4, 0.5) is 11.6 Å². The Morgan fingerprint density at radius 2 is 2.04 bits per heavy atom. The van der Waals surface area contributed by atoms with Crippen molar-refractivity contribution in [3.8, 4) is 5.75 Å². The highest BCUT2D eigenvalue weighted by Gasteiger charge is 2.18. The van der Waals surface area contributed by atoms with E-state index in [1.165, 1.54) is 31.4 Å². The number of sulfonamides is 1. The Morgan fingerprint density at radius 1 is 1.27 bits per heavy atom. The van der Waals surface area contributed by atoms with Gasteiger partial charge in [-0.3, -0.25) is 4.72 Å². The van der Waals surface area contributed by atoms with Crippen LogP contribution < -0.4 is 14.8 Å². The molecule has 1 aliphatic heterocycles. The number of halogens is 1. The van der Waals surface area contributed by atoms with Gasteiger partial charge in [0.1, 0.15) is 11.6 Å². The topological polar surface area (TPSA) is 102 Å². The van der Waals surface area contributed by atoms with Crippen LogP contribution in [-0.2, 0) is 14.8 Å². The van der Waals surface area contributed by atoms with Crippen molar-refractivity contribution < 1.29 is 17.9 Å². The summed E-state index contributed by atoms with van der Waals surface area (Å²) < 4.78 is 37.8. The molecule has 0 saturated carbocycles. The fourth-order valence-corrected chi connectivity index (χ4v) is 3.86. The lowest BCUT2D eigenvalue weighted by molar-refractivity contribution is 0.120. The van der Waals surface area contributed by atoms with E-state index in [-0.39, 0.29) is 21.8 Å². The number of nitrogens with one attached hydrogen (secondary N) is 2. The van der Waals surface area contributed by atoms with Crippen LogP contribution >= 0.6 is 11.6 Å². The van der Waals surface area contributed by atoms with Gasteiger partial charge in [-0.15, -0.1) is 10.2 Å². The Kier molecular flexibility index (Phi) is 5.80. The molecule has 2 heterocycles. The molecular formula is C16H19ClN4O4S. The van der Waals surface area contributed by atoms with E-state index in [2.05, 4.69) is 20.2 Å². The van der Waals surface area contributed by atoms with E-state index in [0.717, 1.165) is 19.4 Å². The summed E-state index contributed by atoms with van der Waals surface area (Å²) in [4.78, 5) is 0.00526. The van der Waals surface area contributed by atoms with E-state index in [9.17, 15) is 8.42 Å². The molecule has 1 saturated heterocycles. The molecule has 1 aromatic carbocycles. The van der Waals surface area contributed by atoms with E-state index in [0.29, 0.717) is 18.1 Å². The molecule has 140 valence electrons. The lowest BCUT2D eigenvalue weighted by atomic mass is 10.2. The van der Waals surface area contributed by atoms with Gasteiger partial charge in [-0.25, -0.2) is 8.42 Å². The highest BCUT2D eigenvalue weighted by Crippen LogP contribution is 2.27. The maximum atomic E-state index is 12.4. The minimum Gasteiger partial charge on any atom is -0.495 e. The van der Waals surface area contributed by atoms with Crippen molar-refractivity contribution in [2.75, 3.05) is 30.3 Å². The summed E-state index contributed by atoms with van der Waals surface area (Å²) in [5, 5.41) is 11.2. The van der Waals surface area contributed by atoms with Crippen LogP contribution in [0, 0.1) is 0 Å². The minimum absolute atomic E-state index is 0.00526. The van der Waals surface area contributed by atoms with Crippen LogP contribution in [0.2, 0.25) is 5.02 Å². The summed E-state index contributed by atoms with van der Waals surface area (Å²) in [5.41, 5.74) is 0. The lowest BCUT2D eigenvalue weighted by Crippen LogP contribution is -2.19. The summed E-state index contributed by atoms with van der Waals surface area (Å²) in [6, 6.07) is 7.39. The molecule has 8 nitrogen and oxygen atoms in total. The molecule has 3 rings (SSSR count). The van der Waals surface area contributed by atoms with Gasteiger partial charge in [0.05, 0.1) is 23.1 Å². The number of methoxy groups -OCH3 is 1. The van der Waals surface area contributed by atoms with Gasteiger partial charge in [0, 0.05) is 13.2 Å². The molecule has 2 N–H and O–H groups in total. The first-order valence-electron chi connectivity index (χ1n) is 8.03. The van der Waals surface area contributed by atoms with Gasteiger partial charge >= 0.3 is 0 Å². The first-order valence-corrected chi connectivity index (χ1v) is 9.89. The first-order chi connectivity index (χ1) is 12.5. The zero-order valence-electron chi connectivity index (χ0n) is 14.1. The molecular weight excluding hydrogens is 380 g/mol. The lowest BCUT2D eigenvalue weighted by Gasteiger charge is -2.11. The molecule has 10 heteroatoms. The maximum absolute atomic E-state index is 12.4. The number of benzene rings is 1. The van der Waals surface area contributed by atoms with Gasteiger partial charge < -0.3 is 14.8 Å². The quantitative estimate of drug-likeness (QED) is 0.738. The van der Waals surface area contributed by atoms with E-state index in [1.807, 2.05) is 0 Å². The summed E-state index contributed by atoms with van der Waals surface area (Å²) >= 11 is 5.98. The molecule has 0 bridgehead atoms. The standard InChI is InChI=1S/C16H19ClN4O4S/c1-24-14-5-4-12(9-13(14)17)26(22,23)21-16-7-6-15(19-20-16)18-10-11-3-2-8-25-11/h4-7,9,11H,2-3,8,10H2,1H3,(H,18,19)(H,20,21). The van der Waals surface area contributed by atoms with Crippen LogP contribution in [0.5, 0.6) is 5.75 Å². The summed E-state index contributed by atoms with van der Waals surface area (Å²) in [7, 11) is -2.38. The average Bonchev–Trinajstić information content (AvgIpc) is 3.14. The van der Waals surface area contributed by atoms with Crippen LogP contribution in [0.1, 0.15) is 12.8 Å². The number of ether oxygens (including phenoxy) is 2. The normalized spacial score (nSPS) is 17.1. The molecule has 2 aromatic rings. The second kappa shape index (κ2) is 8.07. The van der Waals surface area contributed by atoms with Gasteiger partial charge in [-0.05, 0) is 43.2 Å². The molecule has 1 fully saturated rings. The van der Waals surface area contributed by atoms with Crippen molar-refractivity contribution >= 4 is 33.3 Å². The largest absolute Gasteiger partial charge is 0.495 e. The Hall–Kier alpha value is -2.10. The SMILES string of the molecule is COc1ccc(S(=O)(=O)Nc2ccc(NCC3CCCO3)nn2)cc1Cl. The fourth-order valence-electron chi connectivity index (χ4n) is 2.52. The van der Waals surface area contributed by atoms with Crippen LogP contribution in [-0.4, -0.2) is 45.0 Å². The third-order valence-electron chi connectivity index (χ3n) is 3.87. The highest BCUT2D eigenvalue weighted by atomic mass is 35.5. The maximum Gasteiger partial charge on any atom is 0.263 e. The first kappa shape index (κ1) is 18.7. The zero-order valence-corrected chi connectivity index (χ0v) is 15.7. The molecule has 1 unspecified atom stereocenters. The Bertz CT molecular complexity index is 855. The number of aromatic nitrogens is 2. The average molecular weight is 399 g/mol. The third kappa shape index (κ3) is 4.54. The van der Waals surface area contributed by atoms with Crippen LogP contribution in [0.15, 0.2) is 35.2 Å². The van der Waals surface area contributed by atoms with E-state index >= 15 is 0 Å². The molecule has 1 aromatic heterocycles. The van der Waals surface area contributed by atoms with Crippen LogP contribution in [0.3, 0.4) is 0 Å². The van der Waals surface area contributed by atoms with E-state index in [4.69, 9.17) is 21.1 Å². The second-order valence-corrected chi connectivity index (χ2v) is 7.81. The number of rotatable bonds is 7. The third-order valence-corrected chi connectivity index (χ3v) is 5.52. The predicted molar refractivity (Wildman–Crippen MR) is 98.3 cm³/mol. The Morgan fingerprint density at radius 3 is 2.65 bits per heavy atom. The molecule has 0 spiro atoms. The minimum atomic E-state index is -3.83. The number of nitrogens with zero attached hydrogens (tertiary/aromatic N) is 2. The molecule has 1 aliphatic rings. The molecule has 26 heavy (non-hydrogen) atoms.